The topological polar surface area (TPSA) is 86.4 Å². The Morgan fingerprint density at radius 3 is 2.43 bits per heavy atom. The summed E-state index contributed by atoms with van der Waals surface area (Å²) in [4.78, 5) is 33.0. The maximum absolute atomic E-state index is 12.3. The van der Waals surface area contributed by atoms with Crippen molar-refractivity contribution in [3.8, 4) is 0 Å². The number of ketones is 1. The maximum atomic E-state index is 12.3. The molecule has 2 aromatic heterocycles. The molecule has 0 fully saturated rings. The standard InChI is InChI=1S/C21H24N4O3/c1-13-17(14(2)25-20(24-13)22-12-23-25)10-19(27)28-11-18(26)15-6-8-16(9-7-15)21(3,4)5/h6-9,12H,10-11H2,1-5H3. The molecule has 0 aliphatic rings. The van der Waals surface area contributed by atoms with E-state index in [1.54, 1.807) is 16.6 Å². The van der Waals surface area contributed by atoms with Crippen LogP contribution in [0.4, 0.5) is 0 Å². The number of hydrogen-bond donors (Lipinski definition) is 0. The van der Waals surface area contributed by atoms with E-state index in [1.807, 2.05) is 26.0 Å². The Balaban J connectivity index is 1.64. The highest BCUT2D eigenvalue weighted by Gasteiger charge is 2.18. The lowest BCUT2D eigenvalue weighted by molar-refractivity contribution is -0.141. The Labute approximate surface area is 163 Å². The van der Waals surface area contributed by atoms with Crippen molar-refractivity contribution in [2.75, 3.05) is 6.61 Å². The van der Waals surface area contributed by atoms with Crippen LogP contribution in [0.5, 0.6) is 0 Å². The number of fused-ring (bicyclic) bond motifs is 1. The molecule has 7 nitrogen and oxygen atoms in total. The van der Waals surface area contributed by atoms with Crippen molar-refractivity contribution in [1.29, 1.82) is 0 Å². The number of Topliss-reactive ketones (excluding diaryl/α,β-unsaturated/α-hetero) is 1. The Morgan fingerprint density at radius 2 is 1.79 bits per heavy atom. The molecule has 0 atom stereocenters. The van der Waals surface area contributed by atoms with Crippen molar-refractivity contribution >= 4 is 17.5 Å². The van der Waals surface area contributed by atoms with Crippen LogP contribution in [0.15, 0.2) is 30.6 Å². The first-order valence-corrected chi connectivity index (χ1v) is 9.12. The smallest absolute Gasteiger partial charge is 0.310 e. The zero-order chi connectivity index (χ0) is 20.5. The number of hydrogen-bond acceptors (Lipinski definition) is 6. The van der Waals surface area contributed by atoms with Gasteiger partial charge in [-0.3, -0.25) is 9.59 Å². The zero-order valence-corrected chi connectivity index (χ0v) is 16.8. The summed E-state index contributed by atoms with van der Waals surface area (Å²) in [6.07, 6.45) is 1.44. The molecule has 0 amide bonds. The van der Waals surface area contributed by atoms with Crippen molar-refractivity contribution in [2.45, 2.75) is 46.5 Å². The van der Waals surface area contributed by atoms with E-state index in [1.165, 1.54) is 6.33 Å². The first-order valence-electron chi connectivity index (χ1n) is 9.12. The highest BCUT2D eigenvalue weighted by Crippen LogP contribution is 2.22. The van der Waals surface area contributed by atoms with Crippen molar-refractivity contribution in [3.05, 3.63) is 58.7 Å². The fourth-order valence-electron chi connectivity index (χ4n) is 2.99. The SMILES string of the molecule is Cc1nc2ncnn2c(C)c1CC(=O)OCC(=O)c1ccc(C(C)(C)C)cc1. The summed E-state index contributed by atoms with van der Waals surface area (Å²) in [6, 6.07) is 7.41. The van der Waals surface area contributed by atoms with Gasteiger partial charge < -0.3 is 4.74 Å². The van der Waals surface area contributed by atoms with Gasteiger partial charge in [-0.15, -0.1) is 0 Å². The van der Waals surface area contributed by atoms with E-state index >= 15 is 0 Å². The van der Waals surface area contributed by atoms with Gasteiger partial charge in [0.2, 0.25) is 0 Å². The molecule has 0 bridgehead atoms. The van der Waals surface area contributed by atoms with Gasteiger partial charge in [0.1, 0.15) is 6.33 Å². The van der Waals surface area contributed by atoms with Crippen LogP contribution in [0, 0.1) is 13.8 Å². The van der Waals surface area contributed by atoms with Crippen LogP contribution in [0.2, 0.25) is 0 Å². The van der Waals surface area contributed by atoms with Crippen LogP contribution in [0.25, 0.3) is 5.78 Å². The summed E-state index contributed by atoms with van der Waals surface area (Å²) in [6.45, 7) is 9.71. The monoisotopic (exact) mass is 380 g/mol. The van der Waals surface area contributed by atoms with Crippen LogP contribution < -0.4 is 0 Å². The molecule has 0 saturated heterocycles. The van der Waals surface area contributed by atoms with Gasteiger partial charge in [-0.2, -0.15) is 10.1 Å². The number of aryl methyl sites for hydroxylation is 2. The Hall–Kier alpha value is -3.09. The van der Waals surface area contributed by atoms with E-state index in [4.69, 9.17) is 4.74 Å². The second-order valence-electron chi connectivity index (χ2n) is 7.82. The number of nitrogens with zero attached hydrogens (tertiary/aromatic N) is 4. The molecule has 0 aliphatic carbocycles. The first kappa shape index (κ1) is 19.7. The molecular formula is C21H24N4O3. The van der Waals surface area contributed by atoms with E-state index in [0.29, 0.717) is 17.0 Å². The quantitative estimate of drug-likeness (QED) is 0.500. The molecule has 0 N–H and O–H groups in total. The van der Waals surface area contributed by atoms with Gasteiger partial charge in [-0.05, 0) is 24.8 Å². The predicted octanol–water partition coefficient (Wildman–Crippen LogP) is 3.01. The largest absolute Gasteiger partial charge is 0.457 e. The number of esters is 1. The van der Waals surface area contributed by atoms with Crippen LogP contribution in [0.1, 0.15) is 53.6 Å². The molecule has 0 aliphatic heterocycles. The fraction of sp³-hybridized carbons (Fsp3) is 0.381. The van der Waals surface area contributed by atoms with Gasteiger partial charge in [0.05, 0.1) is 6.42 Å². The summed E-state index contributed by atoms with van der Waals surface area (Å²) >= 11 is 0. The minimum atomic E-state index is -0.480. The molecule has 1 aromatic carbocycles. The van der Waals surface area contributed by atoms with Gasteiger partial charge in [-0.25, -0.2) is 9.50 Å². The molecule has 0 saturated carbocycles. The van der Waals surface area contributed by atoms with Crippen LogP contribution in [-0.2, 0) is 21.4 Å². The van der Waals surface area contributed by atoms with E-state index < -0.39 is 5.97 Å². The molecule has 2 heterocycles. The second kappa shape index (κ2) is 7.50. The minimum absolute atomic E-state index is 0.0169. The van der Waals surface area contributed by atoms with E-state index in [0.717, 1.165) is 16.8 Å². The van der Waals surface area contributed by atoms with Gasteiger partial charge in [0.25, 0.3) is 5.78 Å². The number of aromatic nitrogens is 4. The Morgan fingerprint density at radius 1 is 1.11 bits per heavy atom. The lowest BCUT2D eigenvalue weighted by atomic mass is 9.86. The zero-order valence-electron chi connectivity index (χ0n) is 16.8. The van der Waals surface area contributed by atoms with Crippen LogP contribution in [-0.4, -0.2) is 37.9 Å². The average molecular weight is 380 g/mol. The fourth-order valence-corrected chi connectivity index (χ4v) is 2.99. The Bertz CT molecular complexity index is 1030. The molecule has 3 rings (SSSR count). The number of carbonyl (C=O) groups excluding carboxylic acids is 2. The van der Waals surface area contributed by atoms with Gasteiger partial charge in [0.15, 0.2) is 12.4 Å². The summed E-state index contributed by atoms with van der Waals surface area (Å²) in [5.41, 5.74) is 3.88. The van der Waals surface area contributed by atoms with Crippen molar-refractivity contribution < 1.29 is 14.3 Å². The molecule has 0 unspecified atom stereocenters. The first-order chi connectivity index (χ1) is 13.2. The van der Waals surface area contributed by atoms with Crippen LogP contribution in [0.3, 0.4) is 0 Å². The maximum Gasteiger partial charge on any atom is 0.310 e. The third-order valence-electron chi connectivity index (χ3n) is 4.75. The predicted molar refractivity (Wildman–Crippen MR) is 104 cm³/mol. The molecule has 146 valence electrons. The molecule has 3 aromatic rings. The van der Waals surface area contributed by atoms with E-state index in [9.17, 15) is 9.59 Å². The normalized spacial score (nSPS) is 11.6. The summed E-state index contributed by atoms with van der Waals surface area (Å²) in [5, 5.41) is 4.10. The summed E-state index contributed by atoms with van der Waals surface area (Å²) < 4.78 is 6.78. The van der Waals surface area contributed by atoms with E-state index in [2.05, 4.69) is 35.8 Å². The van der Waals surface area contributed by atoms with Crippen molar-refractivity contribution in [2.24, 2.45) is 0 Å². The third kappa shape index (κ3) is 4.08. The highest BCUT2D eigenvalue weighted by molar-refractivity contribution is 5.98. The molecular weight excluding hydrogens is 356 g/mol. The van der Waals surface area contributed by atoms with Crippen LogP contribution >= 0.6 is 0 Å². The van der Waals surface area contributed by atoms with Crippen molar-refractivity contribution in [3.63, 3.8) is 0 Å². The number of rotatable bonds is 5. The second-order valence-corrected chi connectivity index (χ2v) is 7.82. The molecule has 7 heteroatoms. The molecule has 0 radical (unpaired) electrons. The van der Waals surface area contributed by atoms with Gasteiger partial charge in [-0.1, -0.05) is 45.0 Å². The lowest BCUT2D eigenvalue weighted by Gasteiger charge is -2.19. The number of ether oxygens (including phenoxy) is 1. The minimum Gasteiger partial charge on any atom is -0.457 e. The van der Waals surface area contributed by atoms with Crippen molar-refractivity contribution in [1.82, 2.24) is 19.6 Å². The van der Waals surface area contributed by atoms with E-state index in [-0.39, 0.29) is 24.2 Å². The third-order valence-corrected chi connectivity index (χ3v) is 4.75. The summed E-state index contributed by atoms with van der Waals surface area (Å²) in [7, 11) is 0. The summed E-state index contributed by atoms with van der Waals surface area (Å²) in [5.74, 6) is -0.222. The van der Waals surface area contributed by atoms with Gasteiger partial charge >= 0.3 is 5.97 Å². The number of carbonyl (C=O) groups is 2. The van der Waals surface area contributed by atoms with Gasteiger partial charge in [0, 0.05) is 22.5 Å². The number of benzene rings is 1. The molecule has 0 spiro atoms. The molecule has 28 heavy (non-hydrogen) atoms. The Kier molecular flexibility index (Phi) is 5.27. The highest BCUT2D eigenvalue weighted by atomic mass is 16.5. The average Bonchev–Trinajstić information content (AvgIpc) is 3.11. The lowest BCUT2D eigenvalue weighted by Crippen LogP contribution is -2.18.